The van der Waals surface area contributed by atoms with Crippen LogP contribution in [0.25, 0.3) is 0 Å². The molecule has 1 aliphatic heterocycles. The summed E-state index contributed by atoms with van der Waals surface area (Å²) in [5, 5.41) is 2.73. The van der Waals surface area contributed by atoms with E-state index in [-0.39, 0.29) is 18.6 Å². The number of likely N-dealkylation sites (tertiary alicyclic amines) is 1. The average Bonchev–Trinajstić information content (AvgIpc) is 2.96. The minimum absolute atomic E-state index is 0.0135. The molecule has 1 heterocycles. The highest BCUT2D eigenvalue weighted by Crippen LogP contribution is 2.23. The summed E-state index contributed by atoms with van der Waals surface area (Å²) in [6.07, 6.45) is 0.205. The standard InChI is InChI=1S/C18H27N3O3/c1-18(2,3)15(16(22)21-10-9-14(19)11-21)20-17(23)24-12-13-7-5-4-6-8-13/h4-8,14-15H,9-12,19H2,1-3H3,(H,20,23)/t14-,15-/m1/s1. The molecule has 6 heteroatoms. The van der Waals surface area contributed by atoms with Crippen LogP contribution in [0.4, 0.5) is 4.79 Å². The number of alkyl carbamates (subject to hydrolysis) is 1. The van der Waals surface area contributed by atoms with Gasteiger partial charge in [0.25, 0.3) is 0 Å². The zero-order valence-corrected chi connectivity index (χ0v) is 14.6. The van der Waals surface area contributed by atoms with Gasteiger partial charge in [0.1, 0.15) is 12.6 Å². The molecule has 0 aromatic heterocycles. The second-order valence-corrected chi connectivity index (χ2v) is 7.34. The highest BCUT2D eigenvalue weighted by Gasteiger charge is 2.37. The van der Waals surface area contributed by atoms with Crippen molar-refractivity contribution < 1.29 is 14.3 Å². The van der Waals surface area contributed by atoms with Gasteiger partial charge in [-0.15, -0.1) is 0 Å². The highest BCUT2D eigenvalue weighted by atomic mass is 16.5. The number of ether oxygens (including phenoxy) is 1. The molecule has 0 unspecified atom stereocenters. The molecule has 0 saturated carbocycles. The molecule has 6 nitrogen and oxygen atoms in total. The summed E-state index contributed by atoms with van der Waals surface area (Å²) in [5.41, 5.74) is 6.36. The Balaban J connectivity index is 1.95. The lowest BCUT2D eigenvalue weighted by atomic mass is 9.86. The maximum atomic E-state index is 12.7. The third-order valence-corrected chi connectivity index (χ3v) is 4.12. The predicted octanol–water partition coefficient (Wildman–Crippen LogP) is 1.89. The first kappa shape index (κ1) is 18.3. The van der Waals surface area contributed by atoms with E-state index in [0.717, 1.165) is 12.0 Å². The van der Waals surface area contributed by atoms with Crippen LogP contribution >= 0.6 is 0 Å². The van der Waals surface area contributed by atoms with Crippen LogP contribution in [0.5, 0.6) is 0 Å². The molecule has 1 aromatic rings. The normalized spacial score (nSPS) is 19.0. The largest absolute Gasteiger partial charge is 0.445 e. The summed E-state index contributed by atoms with van der Waals surface area (Å²) in [6, 6.07) is 8.80. The minimum Gasteiger partial charge on any atom is -0.445 e. The lowest BCUT2D eigenvalue weighted by Crippen LogP contribution is -2.54. The van der Waals surface area contributed by atoms with Crippen molar-refractivity contribution in [3.05, 3.63) is 35.9 Å². The van der Waals surface area contributed by atoms with E-state index in [0.29, 0.717) is 13.1 Å². The molecular formula is C18H27N3O3. The Morgan fingerprint density at radius 1 is 1.33 bits per heavy atom. The van der Waals surface area contributed by atoms with Crippen molar-refractivity contribution in [3.63, 3.8) is 0 Å². The molecule has 3 N–H and O–H groups in total. The minimum atomic E-state index is -0.647. The van der Waals surface area contributed by atoms with Crippen molar-refractivity contribution in [2.75, 3.05) is 13.1 Å². The molecule has 2 amide bonds. The zero-order chi connectivity index (χ0) is 17.7. The van der Waals surface area contributed by atoms with Gasteiger partial charge in [-0.25, -0.2) is 4.79 Å². The molecule has 0 aliphatic carbocycles. The van der Waals surface area contributed by atoms with Gasteiger partial charge in [0.05, 0.1) is 0 Å². The average molecular weight is 333 g/mol. The van der Waals surface area contributed by atoms with Crippen LogP contribution in [0.2, 0.25) is 0 Å². The quantitative estimate of drug-likeness (QED) is 0.881. The number of amides is 2. The van der Waals surface area contributed by atoms with Crippen LogP contribution in [-0.2, 0) is 16.1 Å². The molecule has 1 saturated heterocycles. The molecule has 2 atom stereocenters. The van der Waals surface area contributed by atoms with Crippen molar-refractivity contribution in [2.24, 2.45) is 11.1 Å². The number of rotatable bonds is 4. The van der Waals surface area contributed by atoms with Gasteiger partial charge < -0.3 is 20.7 Å². The zero-order valence-electron chi connectivity index (χ0n) is 14.6. The molecule has 24 heavy (non-hydrogen) atoms. The lowest BCUT2D eigenvalue weighted by molar-refractivity contribution is -0.135. The lowest BCUT2D eigenvalue weighted by Gasteiger charge is -2.33. The molecule has 0 bridgehead atoms. The Labute approximate surface area is 143 Å². The molecule has 2 rings (SSSR count). The fourth-order valence-electron chi connectivity index (χ4n) is 2.70. The van der Waals surface area contributed by atoms with Crippen molar-refractivity contribution in [2.45, 2.75) is 45.9 Å². The number of nitrogens with two attached hydrogens (primary N) is 1. The van der Waals surface area contributed by atoms with E-state index in [1.165, 1.54) is 0 Å². The van der Waals surface area contributed by atoms with E-state index in [9.17, 15) is 9.59 Å². The number of hydrogen-bond donors (Lipinski definition) is 2. The van der Waals surface area contributed by atoms with Crippen LogP contribution in [-0.4, -0.2) is 42.1 Å². The summed E-state index contributed by atoms with van der Waals surface area (Å²) < 4.78 is 5.24. The third kappa shape index (κ3) is 4.96. The highest BCUT2D eigenvalue weighted by molar-refractivity contribution is 5.86. The Morgan fingerprint density at radius 2 is 2.00 bits per heavy atom. The molecule has 0 radical (unpaired) electrons. The van der Waals surface area contributed by atoms with Crippen molar-refractivity contribution in [3.8, 4) is 0 Å². The first-order valence-corrected chi connectivity index (χ1v) is 8.29. The first-order valence-electron chi connectivity index (χ1n) is 8.29. The van der Waals surface area contributed by atoms with Crippen LogP contribution in [0, 0.1) is 5.41 Å². The first-order chi connectivity index (χ1) is 11.3. The van der Waals surface area contributed by atoms with Crippen molar-refractivity contribution >= 4 is 12.0 Å². The Morgan fingerprint density at radius 3 is 2.54 bits per heavy atom. The fraction of sp³-hybridized carbons (Fsp3) is 0.556. The van der Waals surface area contributed by atoms with E-state index < -0.39 is 17.6 Å². The third-order valence-electron chi connectivity index (χ3n) is 4.12. The second kappa shape index (κ2) is 7.66. The Hall–Kier alpha value is -2.08. The molecule has 1 aromatic carbocycles. The second-order valence-electron chi connectivity index (χ2n) is 7.34. The SMILES string of the molecule is CC(C)(C)[C@H](NC(=O)OCc1ccccc1)C(=O)N1CC[C@@H](N)C1. The Kier molecular flexibility index (Phi) is 5.83. The van der Waals surface area contributed by atoms with E-state index >= 15 is 0 Å². The van der Waals surface area contributed by atoms with Gasteiger partial charge in [0.15, 0.2) is 0 Å². The van der Waals surface area contributed by atoms with Gasteiger partial charge in [0, 0.05) is 19.1 Å². The van der Waals surface area contributed by atoms with Gasteiger partial charge in [-0.2, -0.15) is 0 Å². The van der Waals surface area contributed by atoms with E-state index in [1.54, 1.807) is 4.90 Å². The summed E-state index contributed by atoms with van der Waals surface area (Å²) in [6.45, 7) is 7.10. The van der Waals surface area contributed by atoms with Crippen LogP contribution in [0.1, 0.15) is 32.8 Å². The molecule has 1 aliphatic rings. The fourth-order valence-corrected chi connectivity index (χ4v) is 2.70. The summed E-state index contributed by atoms with van der Waals surface area (Å²) in [7, 11) is 0. The molecular weight excluding hydrogens is 306 g/mol. The number of carbonyl (C=O) groups excluding carboxylic acids is 2. The maximum absolute atomic E-state index is 12.7. The number of carbonyl (C=O) groups is 2. The van der Waals surface area contributed by atoms with E-state index in [4.69, 9.17) is 10.5 Å². The number of nitrogens with zero attached hydrogens (tertiary/aromatic N) is 1. The Bertz CT molecular complexity index is 569. The van der Waals surface area contributed by atoms with Gasteiger partial charge >= 0.3 is 6.09 Å². The summed E-state index contributed by atoms with van der Waals surface area (Å²) >= 11 is 0. The van der Waals surface area contributed by atoms with Gasteiger partial charge in [-0.05, 0) is 17.4 Å². The van der Waals surface area contributed by atoms with E-state index in [1.807, 2.05) is 51.1 Å². The molecule has 0 spiro atoms. The predicted molar refractivity (Wildman–Crippen MR) is 92.2 cm³/mol. The smallest absolute Gasteiger partial charge is 0.408 e. The van der Waals surface area contributed by atoms with Crippen LogP contribution < -0.4 is 11.1 Å². The number of hydrogen-bond acceptors (Lipinski definition) is 4. The van der Waals surface area contributed by atoms with Crippen LogP contribution in [0.3, 0.4) is 0 Å². The van der Waals surface area contributed by atoms with Gasteiger partial charge in [-0.3, -0.25) is 4.79 Å². The number of nitrogens with one attached hydrogen (secondary N) is 1. The topological polar surface area (TPSA) is 84.7 Å². The van der Waals surface area contributed by atoms with Gasteiger partial charge in [0.2, 0.25) is 5.91 Å². The molecule has 132 valence electrons. The van der Waals surface area contributed by atoms with Crippen molar-refractivity contribution in [1.29, 1.82) is 0 Å². The van der Waals surface area contributed by atoms with Crippen molar-refractivity contribution in [1.82, 2.24) is 10.2 Å². The maximum Gasteiger partial charge on any atom is 0.408 e. The summed E-state index contributed by atoms with van der Waals surface area (Å²) in [4.78, 5) is 26.6. The number of benzene rings is 1. The summed E-state index contributed by atoms with van der Waals surface area (Å²) in [5.74, 6) is -0.105. The van der Waals surface area contributed by atoms with Crippen LogP contribution in [0.15, 0.2) is 30.3 Å². The van der Waals surface area contributed by atoms with E-state index in [2.05, 4.69) is 5.32 Å². The molecule has 1 fully saturated rings. The monoisotopic (exact) mass is 333 g/mol. The van der Waals surface area contributed by atoms with Gasteiger partial charge in [-0.1, -0.05) is 51.1 Å².